The SMILES string of the molecule is c1cncc(OSCC2CCCN2)c1. The summed E-state index contributed by atoms with van der Waals surface area (Å²) < 4.78 is 5.48. The lowest BCUT2D eigenvalue weighted by Crippen LogP contribution is -2.23. The van der Waals surface area contributed by atoms with Crippen LogP contribution >= 0.6 is 12.0 Å². The van der Waals surface area contributed by atoms with E-state index in [0.29, 0.717) is 6.04 Å². The molecule has 2 heterocycles. The molecule has 0 aliphatic carbocycles. The predicted octanol–water partition coefficient (Wildman–Crippen LogP) is 1.86. The number of hydrogen-bond acceptors (Lipinski definition) is 4. The van der Waals surface area contributed by atoms with Gasteiger partial charge in [-0.15, -0.1) is 0 Å². The molecule has 0 saturated carbocycles. The van der Waals surface area contributed by atoms with E-state index in [1.165, 1.54) is 24.9 Å². The maximum Gasteiger partial charge on any atom is 0.155 e. The van der Waals surface area contributed by atoms with Crippen LogP contribution in [0.3, 0.4) is 0 Å². The first kappa shape index (κ1) is 9.80. The Morgan fingerprint density at radius 1 is 1.64 bits per heavy atom. The lowest BCUT2D eigenvalue weighted by molar-refractivity contribution is 0.618. The van der Waals surface area contributed by atoms with Gasteiger partial charge in [-0.2, -0.15) is 0 Å². The molecule has 0 radical (unpaired) electrons. The molecule has 1 aliphatic rings. The molecule has 3 nitrogen and oxygen atoms in total. The average molecular weight is 210 g/mol. The summed E-state index contributed by atoms with van der Waals surface area (Å²) in [5, 5.41) is 3.43. The smallest absolute Gasteiger partial charge is 0.155 e. The van der Waals surface area contributed by atoms with Gasteiger partial charge in [0, 0.05) is 18.0 Å². The summed E-state index contributed by atoms with van der Waals surface area (Å²) in [6.07, 6.45) is 6.03. The van der Waals surface area contributed by atoms with Crippen molar-refractivity contribution in [3.63, 3.8) is 0 Å². The fourth-order valence-corrected chi connectivity index (χ4v) is 2.23. The summed E-state index contributed by atoms with van der Waals surface area (Å²) in [7, 11) is 0. The average Bonchev–Trinajstić information content (AvgIpc) is 2.72. The van der Waals surface area contributed by atoms with Crippen molar-refractivity contribution >= 4 is 12.0 Å². The Labute approximate surface area is 88.5 Å². The van der Waals surface area contributed by atoms with Gasteiger partial charge in [0.15, 0.2) is 5.75 Å². The van der Waals surface area contributed by atoms with E-state index >= 15 is 0 Å². The first-order valence-corrected chi connectivity index (χ1v) is 5.79. The molecule has 0 spiro atoms. The standard InChI is InChI=1S/C10H14N2OS/c1-3-9(12-6-1)8-14-13-10-4-2-5-11-7-10/h2,4-5,7,9,12H,1,3,6,8H2. The second-order valence-electron chi connectivity index (χ2n) is 3.35. The molecule has 1 aromatic heterocycles. The second kappa shape index (κ2) is 5.22. The Bertz CT molecular complexity index is 262. The molecular formula is C10H14N2OS. The van der Waals surface area contributed by atoms with Crippen LogP contribution in [0, 0.1) is 0 Å². The third-order valence-electron chi connectivity index (χ3n) is 2.22. The van der Waals surface area contributed by atoms with Gasteiger partial charge in [0.2, 0.25) is 0 Å². The zero-order chi connectivity index (χ0) is 9.64. The quantitative estimate of drug-likeness (QED) is 0.769. The Balaban J connectivity index is 1.67. The molecule has 1 atom stereocenters. The first-order valence-electron chi connectivity index (χ1n) is 4.88. The van der Waals surface area contributed by atoms with E-state index in [4.69, 9.17) is 4.18 Å². The Morgan fingerprint density at radius 2 is 2.64 bits per heavy atom. The van der Waals surface area contributed by atoms with Gasteiger partial charge >= 0.3 is 0 Å². The van der Waals surface area contributed by atoms with E-state index in [1.54, 1.807) is 12.4 Å². The maximum absolute atomic E-state index is 5.48. The molecule has 1 aliphatic heterocycles. The summed E-state index contributed by atoms with van der Waals surface area (Å²) in [6.45, 7) is 1.15. The lowest BCUT2D eigenvalue weighted by Gasteiger charge is -2.08. The number of pyridine rings is 1. The first-order chi connectivity index (χ1) is 6.95. The minimum Gasteiger partial charge on any atom is -0.424 e. The third kappa shape index (κ3) is 2.89. The number of nitrogens with one attached hydrogen (secondary N) is 1. The summed E-state index contributed by atoms with van der Waals surface area (Å²) in [5.41, 5.74) is 0. The molecular weight excluding hydrogens is 196 g/mol. The normalized spacial score (nSPS) is 21.0. The van der Waals surface area contributed by atoms with Gasteiger partial charge in [0.1, 0.15) is 0 Å². The van der Waals surface area contributed by atoms with Crippen LogP contribution in [0.1, 0.15) is 12.8 Å². The highest BCUT2D eigenvalue weighted by molar-refractivity contribution is 7.95. The van der Waals surface area contributed by atoms with Crippen LogP contribution in [0.15, 0.2) is 24.5 Å². The van der Waals surface area contributed by atoms with Crippen molar-refractivity contribution in [2.24, 2.45) is 0 Å². The van der Waals surface area contributed by atoms with Crippen LogP contribution in [0.2, 0.25) is 0 Å². The van der Waals surface area contributed by atoms with Crippen molar-refractivity contribution in [1.82, 2.24) is 10.3 Å². The monoisotopic (exact) mass is 210 g/mol. The van der Waals surface area contributed by atoms with Gasteiger partial charge in [-0.25, -0.2) is 0 Å². The van der Waals surface area contributed by atoms with Crippen molar-refractivity contribution in [2.45, 2.75) is 18.9 Å². The van der Waals surface area contributed by atoms with Gasteiger partial charge < -0.3 is 9.50 Å². The zero-order valence-corrected chi connectivity index (χ0v) is 8.80. The molecule has 1 fully saturated rings. The van der Waals surface area contributed by atoms with Crippen molar-refractivity contribution in [3.8, 4) is 5.75 Å². The van der Waals surface area contributed by atoms with Gasteiger partial charge in [-0.1, -0.05) is 0 Å². The summed E-state index contributed by atoms with van der Waals surface area (Å²) in [5.74, 6) is 1.84. The van der Waals surface area contributed by atoms with Crippen LogP contribution < -0.4 is 9.50 Å². The minimum absolute atomic E-state index is 0.622. The van der Waals surface area contributed by atoms with Crippen LogP contribution in [-0.4, -0.2) is 23.3 Å². The molecule has 4 heteroatoms. The number of hydrogen-bond donors (Lipinski definition) is 1. The van der Waals surface area contributed by atoms with Crippen LogP contribution in [0.4, 0.5) is 0 Å². The molecule has 1 saturated heterocycles. The summed E-state index contributed by atoms with van der Waals surface area (Å²) >= 11 is 1.50. The number of nitrogens with zero attached hydrogens (tertiary/aromatic N) is 1. The molecule has 1 unspecified atom stereocenters. The third-order valence-corrected chi connectivity index (χ3v) is 3.07. The van der Waals surface area contributed by atoms with Crippen LogP contribution in [0.25, 0.3) is 0 Å². The second-order valence-corrected chi connectivity index (χ2v) is 4.09. The van der Waals surface area contributed by atoms with Crippen molar-refractivity contribution in [1.29, 1.82) is 0 Å². The largest absolute Gasteiger partial charge is 0.424 e. The highest BCUT2D eigenvalue weighted by atomic mass is 32.2. The van der Waals surface area contributed by atoms with E-state index in [2.05, 4.69) is 10.3 Å². The molecule has 1 N–H and O–H groups in total. The Hall–Kier alpha value is -0.740. The fourth-order valence-electron chi connectivity index (χ4n) is 1.48. The summed E-state index contributed by atoms with van der Waals surface area (Å²) in [6, 6.07) is 4.42. The van der Waals surface area contributed by atoms with Gasteiger partial charge in [-0.3, -0.25) is 4.98 Å². The highest BCUT2D eigenvalue weighted by Crippen LogP contribution is 2.17. The van der Waals surface area contributed by atoms with E-state index in [1.807, 2.05) is 12.1 Å². The molecule has 76 valence electrons. The highest BCUT2D eigenvalue weighted by Gasteiger charge is 2.14. The molecule has 0 amide bonds. The number of rotatable bonds is 4. The van der Waals surface area contributed by atoms with Crippen molar-refractivity contribution in [3.05, 3.63) is 24.5 Å². The molecule has 1 aromatic rings. The molecule has 0 bridgehead atoms. The lowest BCUT2D eigenvalue weighted by atomic mass is 10.3. The molecule has 14 heavy (non-hydrogen) atoms. The number of aromatic nitrogens is 1. The maximum atomic E-state index is 5.48. The van der Waals surface area contributed by atoms with Crippen molar-refractivity contribution < 1.29 is 4.18 Å². The Kier molecular flexibility index (Phi) is 3.65. The van der Waals surface area contributed by atoms with E-state index in [-0.39, 0.29) is 0 Å². The van der Waals surface area contributed by atoms with Crippen molar-refractivity contribution in [2.75, 3.05) is 12.3 Å². The van der Waals surface area contributed by atoms with Crippen LogP contribution in [0.5, 0.6) is 5.75 Å². The van der Waals surface area contributed by atoms with Gasteiger partial charge in [-0.05, 0) is 31.5 Å². The van der Waals surface area contributed by atoms with E-state index < -0.39 is 0 Å². The minimum atomic E-state index is 0.622. The topological polar surface area (TPSA) is 34.1 Å². The molecule has 0 aromatic carbocycles. The fraction of sp³-hybridized carbons (Fsp3) is 0.500. The van der Waals surface area contributed by atoms with E-state index in [9.17, 15) is 0 Å². The molecule has 2 rings (SSSR count). The van der Waals surface area contributed by atoms with Gasteiger partial charge in [0.25, 0.3) is 0 Å². The Morgan fingerprint density at radius 3 is 3.36 bits per heavy atom. The summed E-state index contributed by atoms with van der Waals surface area (Å²) in [4.78, 5) is 3.98. The zero-order valence-electron chi connectivity index (χ0n) is 7.98. The van der Waals surface area contributed by atoms with Crippen LogP contribution in [-0.2, 0) is 0 Å². The predicted molar refractivity (Wildman–Crippen MR) is 58.3 cm³/mol. The van der Waals surface area contributed by atoms with Gasteiger partial charge in [0.05, 0.1) is 18.2 Å². The van der Waals surface area contributed by atoms with E-state index in [0.717, 1.165) is 18.0 Å².